The Kier molecular flexibility index (Phi) is 1.49. The van der Waals surface area contributed by atoms with Crippen LogP contribution in [0.3, 0.4) is 0 Å². The van der Waals surface area contributed by atoms with Crippen LogP contribution in [-0.4, -0.2) is 27.9 Å². The highest BCUT2D eigenvalue weighted by molar-refractivity contribution is 5.86. The minimum absolute atomic E-state index is 0.131. The molecule has 4 nitrogen and oxygen atoms in total. The first kappa shape index (κ1) is 10.6. The highest BCUT2D eigenvalue weighted by atomic mass is 16.6. The second kappa shape index (κ2) is 2.52. The average molecular weight is 248 g/mol. The lowest BCUT2D eigenvalue weighted by Crippen LogP contribution is -2.54. The lowest BCUT2D eigenvalue weighted by molar-refractivity contribution is -0.172. The summed E-state index contributed by atoms with van der Waals surface area (Å²) >= 11 is 0. The van der Waals surface area contributed by atoms with Crippen LogP contribution in [0.15, 0.2) is 24.0 Å². The van der Waals surface area contributed by atoms with Crippen LogP contribution < -0.4 is 0 Å². The first-order valence-electron chi connectivity index (χ1n) is 6.44. The van der Waals surface area contributed by atoms with E-state index in [1.807, 2.05) is 19.1 Å². The number of aliphatic hydroxyl groups excluding tert-OH is 1. The molecule has 1 aliphatic carbocycles. The molecule has 4 aliphatic heterocycles. The second-order valence-corrected chi connectivity index (χ2v) is 6.22. The van der Waals surface area contributed by atoms with Crippen molar-refractivity contribution in [3.63, 3.8) is 0 Å². The Labute approximate surface area is 105 Å². The van der Waals surface area contributed by atoms with E-state index in [-0.39, 0.29) is 11.7 Å². The molecule has 1 N–H and O–H groups in total. The summed E-state index contributed by atoms with van der Waals surface area (Å²) in [6, 6.07) is 0. The summed E-state index contributed by atoms with van der Waals surface area (Å²) in [6.07, 6.45) is 7.83. The standard InChI is InChI=1S/C14H16O4/c1-11-6-7-13(18-11)4-3-5-14(13)9(15)8-12(11,2)17-10(14)16/h6-8,15H,3-5H2,1-2H3/t11-,12+,13+,14+/m1/s1. The van der Waals surface area contributed by atoms with E-state index in [1.54, 1.807) is 13.0 Å². The molecular formula is C14H16O4. The molecule has 4 bridgehead atoms. The highest BCUT2D eigenvalue weighted by Gasteiger charge is 2.74. The number of aliphatic hydroxyl groups is 1. The largest absolute Gasteiger partial charge is 0.511 e. The Hall–Kier alpha value is -1.29. The Morgan fingerprint density at radius 1 is 1.22 bits per heavy atom. The van der Waals surface area contributed by atoms with Crippen molar-refractivity contribution in [3.8, 4) is 0 Å². The molecule has 0 aromatic heterocycles. The zero-order valence-electron chi connectivity index (χ0n) is 10.5. The van der Waals surface area contributed by atoms with E-state index < -0.39 is 22.2 Å². The molecule has 2 fully saturated rings. The van der Waals surface area contributed by atoms with Crippen LogP contribution in [0.25, 0.3) is 0 Å². The fourth-order valence-corrected chi connectivity index (χ4v) is 4.07. The predicted molar refractivity (Wildman–Crippen MR) is 62.9 cm³/mol. The van der Waals surface area contributed by atoms with Crippen molar-refractivity contribution in [2.24, 2.45) is 5.41 Å². The van der Waals surface area contributed by atoms with Gasteiger partial charge < -0.3 is 14.6 Å². The predicted octanol–water partition coefficient (Wildman–Crippen LogP) is 2.01. The molecule has 4 atom stereocenters. The highest BCUT2D eigenvalue weighted by Crippen LogP contribution is 2.65. The van der Waals surface area contributed by atoms with Gasteiger partial charge in [-0.25, -0.2) is 0 Å². The van der Waals surface area contributed by atoms with Gasteiger partial charge in [0.1, 0.15) is 17.0 Å². The number of esters is 1. The van der Waals surface area contributed by atoms with Gasteiger partial charge in [0, 0.05) is 6.08 Å². The maximum atomic E-state index is 12.5. The summed E-state index contributed by atoms with van der Waals surface area (Å²) in [7, 11) is 0. The third kappa shape index (κ3) is 0.776. The summed E-state index contributed by atoms with van der Waals surface area (Å²) in [6.45, 7) is 3.70. The van der Waals surface area contributed by atoms with Crippen molar-refractivity contribution >= 4 is 5.97 Å². The quantitative estimate of drug-likeness (QED) is 0.526. The van der Waals surface area contributed by atoms with Crippen molar-refractivity contribution in [1.82, 2.24) is 0 Å². The third-order valence-corrected chi connectivity index (χ3v) is 5.38. The number of ether oxygens (including phenoxy) is 2. The van der Waals surface area contributed by atoms with E-state index in [0.29, 0.717) is 6.42 Å². The van der Waals surface area contributed by atoms with Crippen LogP contribution in [0.1, 0.15) is 33.1 Å². The molecule has 0 amide bonds. The lowest BCUT2D eigenvalue weighted by atomic mass is 9.69. The molecule has 5 rings (SSSR count). The number of hydrogen-bond acceptors (Lipinski definition) is 4. The van der Waals surface area contributed by atoms with Crippen LogP contribution in [-0.2, 0) is 14.3 Å². The summed E-state index contributed by atoms with van der Waals surface area (Å²) in [5.41, 5.74) is -3.35. The van der Waals surface area contributed by atoms with Crippen molar-refractivity contribution in [1.29, 1.82) is 0 Å². The molecule has 4 heterocycles. The normalized spacial score (nSPS) is 56.1. The molecule has 0 aromatic carbocycles. The molecule has 0 radical (unpaired) electrons. The Morgan fingerprint density at radius 3 is 2.72 bits per heavy atom. The van der Waals surface area contributed by atoms with Crippen LogP contribution in [0.2, 0.25) is 0 Å². The maximum absolute atomic E-state index is 12.5. The Morgan fingerprint density at radius 2 is 2.00 bits per heavy atom. The first-order valence-corrected chi connectivity index (χ1v) is 6.44. The molecular weight excluding hydrogens is 232 g/mol. The average Bonchev–Trinajstić information content (AvgIpc) is 2.78. The van der Waals surface area contributed by atoms with Crippen LogP contribution in [0.5, 0.6) is 0 Å². The first-order chi connectivity index (χ1) is 8.38. The van der Waals surface area contributed by atoms with E-state index in [2.05, 4.69) is 0 Å². The molecule has 4 heteroatoms. The van der Waals surface area contributed by atoms with E-state index in [4.69, 9.17) is 9.47 Å². The number of rotatable bonds is 0. The van der Waals surface area contributed by atoms with Gasteiger partial charge in [0.2, 0.25) is 0 Å². The van der Waals surface area contributed by atoms with Gasteiger partial charge in [-0.05, 0) is 39.2 Å². The van der Waals surface area contributed by atoms with Crippen LogP contribution in [0.4, 0.5) is 0 Å². The summed E-state index contributed by atoms with van der Waals surface area (Å²) in [5, 5.41) is 10.5. The molecule has 0 unspecified atom stereocenters. The minimum atomic E-state index is -1.02. The number of carbonyl (C=O) groups excluding carboxylic acids is 1. The molecule has 5 aliphatic rings. The monoisotopic (exact) mass is 248 g/mol. The maximum Gasteiger partial charge on any atom is 0.324 e. The van der Waals surface area contributed by atoms with Crippen molar-refractivity contribution < 1.29 is 19.4 Å². The van der Waals surface area contributed by atoms with E-state index in [0.717, 1.165) is 12.8 Å². The van der Waals surface area contributed by atoms with Gasteiger partial charge in [-0.3, -0.25) is 4.79 Å². The van der Waals surface area contributed by atoms with Gasteiger partial charge in [0.05, 0.1) is 0 Å². The fourth-order valence-electron chi connectivity index (χ4n) is 4.07. The number of carbonyl (C=O) groups is 1. The van der Waals surface area contributed by atoms with Crippen LogP contribution >= 0.6 is 0 Å². The van der Waals surface area contributed by atoms with Crippen molar-refractivity contribution in [2.45, 2.75) is 49.9 Å². The molecule has 96 valence electrons. The molecule has 1 saturated heterocycles. The van der Waals surface area contributed by atoms with E-state index >= 15 is 0 Å². The van der Waals surface area contributed by atoms with Crippen molar-refractivity contribution in [3.05, 3.63) is 24.0 Å². The topological polar surface area (TPSA) is 55.8 Å². The second-order valence-electron chi connectivity index (χ2n) is 6.22. The molecule has 2 spiro atoms. The zero-order valence-corrected chi connectivity index (χ0v) is 10.5. The fraction of sp³-hybridized carbons (Fsp3) is 0.643. The SMILES string of the molecule is C[C@@]12C=C[C@]3(CCC[C@]34C(=O)O[C@@]1(C)C=C4O)O2. The van der Waals surface area contributed by atoms with Gasteiger partial charge in [0.25, 0.3) is 0 Å². The van der Waals surface area contributed by atoms with Gasteiger partial charge in [-0.15, -0.1) is 0 Å². The smallest absolute Gasteiger partial charge is 0.324 e. The molecule has 1 saturated carbocycles. The Balaban J connectivity index is 2.10. The molecule has 18 heavy (non-hydrogen) atoms. The summed E-state index contributed by atoms with van der Waals surface area (Å²) < 4.78 is 11.9. The number of fused-ring (bicyclic) bond motifs is 1. The van der Waals surface area contributed by atoms with Gasteiger partial charge in [-0.1, -0.05) is 6.08 Å². The third-order valence-electron chi connectivity index (χ3n) is 5.38. The van der Waals surface area contributed by atoms with Crippen LogP contribution in [0, 0.1) is 5.41 Å². The van der Waals surface area contributed by atoms with Gasteiger partial charge >= 0.3 is 5.97 Å². The summed E-state index contributed by atoms with van der Waals surface area (Å²) in [5.74, 6) is -0.206. The minimum Gasteiger partial charge on any atom is -0.511 e. The van der Waals surface area contributed by atoms with E-state index in [1.165, 1.54) is 0 Å². The zero-order chi connectivity index (χ0) is 12.8. The lowest BCUT2D eigenvalue weighted by Gasteiger charge is -2.42. The van der Waals surface area contributed by atoms with Crippen molar-refractivity contribution in [2.75, 3.05) is 0 Å². The Bertz CT molecular complexity index is 536. The number of hydrogen-bond donors (Lipinski definition) is 1. The van der Waals surface area contributed by atoms with Gasteiger partial charge in [0.15, 0.2) is 11.0 Å². The van der Waals surface area contributed by atoms with E-state index in [9.17, 15) is 9.90 Å². The molecule has 0 aromatic rings. The van der Waals surface area contributed by atoms with Gasteiger partial charge in [-0.2, -0.15) is 0 Å². The summed E-state index contributed by atoms with van der Waals surface area (Å²) in [4.78, 5) is 12.5.